The van der Waals surface area contributed by atoms with E-state index in [0.29, 0.717) is 40.9 Å². The lowest BCUT2D eigenvalue weighted by Crippen LogP contribution is -2.22. The first-order valence-electron chi connectivity index (χ1n) is 10.5. The van der Waals surface area contributed by atoms with Crippen molar-refractivity contribution in [2.45, 2.75) is 6.61 Å². The van der Waals surface area contributed by atoms with Crippen molar-refractivity contribution in [3.05, 3.63) is 101 Å². The van der Waals surface area contributed by atoms with Gasteiger partial charge in [0.15, 0.2) is 12.0 Å². The molecule has 0 saturated heterocycles. The second-order valence-corrected chi connectivity index (χ2v) is 8.02. The first-order valence-corrected chi connectivity index (χ1v) is 10.9. The van der Waals surface area contributed by atoms with Crippen molar-refractivity contribution in [1.82, 2.24) is 0 Å². The summed E-state index contributed by atoms with van der Waals surface area (Å²) in [6.07, 6.45) is 0.674. The molecule has 6 nitrogen and oxygen atoms in total. The standard InChI is InChI=1S/C26H19ClFN3O3/c27-22-12-19(5-8-25(22)33-14-16-2-1-3-18(28)10-16)31-26-21-11-17(4-7-23(21)29-15-30-26)24-9-6-20(13-32)34-24/h1-13,29H,14-15H2,(H,30,31). The predicted molar refractivity (Wildman–Crippen MR) is 130 cm³/mol. The van der Waals surface area contributed by atoms with Crippen molar-refractivity contribution < 1.29 is 18.3 Å². The Bertz CT molecular complexity index is 1400. The highest BCUT2D eigenvalue weighted by Gasteiger charge is 2.17. The molecule has 2 N–H and O–H groups in total. The number of nitrogens with zero attached hydrogens (tertiary/aromatic N) is 1. The Hall–Kier alpha value is -4.10. The molecule has 0 radical (unpaired) electrons. The summed E-state index contributed by atoms with van der Waals surface area (Å²) in [5.41, 5.74) is 4.05. The quantitative estimate of drug-likeness (QED) is 0.317. The summed E-state index contributed by atoms with van der Waals surface area (Å²) in [5.74, 6) is 1.72. The highest BCUT2D eigenvalue weighted by Crippen LogP contribution is 2.31. The van der Waals surface area contributed by atoms with E-state index in [0.717, 1.165) is 22.5 Å². The molecule has 0 fully saturated rings. The van der Waals surface area contributed by atoms with Gasteiger partial charge in [0.1, 0.15) is 36.4 Å². The monoisotopic (exact) mass is 475 g/mol. The summed E-state index contributed by atoms with van der Waals surface area (Å²) in [7, 11) is 0. The molecule has 1 aliphatic rings. The molecule has 0 bridgehead atoms. The van der Waals surface area contributed by atoms with Crippen molar-refractivity contribution in [2.24, 2.45) is 4.99 Å². The molecular weight excluding hydrogens is 457 g/mol. The van der Waals surface area contributed by atoms with Crippen LogP contribution in [0.4, 0.5) is 15.8 Å². The number of benzene rings is 3. The van der Waals surface area contributed by atoms with Gasteiger partial charge in [-0.05, 0) is 66.2 Å². The second kappa shape index (κ2) is 9.41. The Balaban J connectivity index is 1.33. The van der Waals surface area contributed by atoms with Crippen LogP contribution in [0.3, 0.4) is 0 Å². The van der Waals surface area contributed by atoms with E-state index in [2.05, 4.69) is 15.6 Å². The smallest absolute Gasteiger partial charge is 0.185 e. The second-order valence-electron chi connectivity index (χ2n) is 7.61. The minimum Gasteiger partial charge on any atom is -0.487 e. The normalized spacial score (nSPS) is 12.4. The zero-order valence-corrected chi connectivity index (χ0v) is 18.6. The van der Waals surface area contributed by atoms with Crippen LogP contribution < -0.4 is 15.4 Å². The van der Waals surface area contributed by atoms with Gasteiger partial charge in [0.2, 0.25) is 0 Å². The molecule has 8 heteroatoms. The molecule has 1 aromatic heterocycles. The van der Waals surface area contributed by atoms with Gasteiger partial charge >= 0.3 is 0 Å². The number of anilines is 2. The molecule has 0 aliphatic carbocycles. The Morgan fingerprint density at radius 2 is 2.03 bits per heavy atom. The molecule has 0 unspecified atom stereocenters. The molecule has 0 spiro atoms. The summed E-state index contributed by atoms with van der Waals surface area (Å²) in [6.45, 7) is 0.630. The summed E-state index contributed by atoms with van der Waals surface area (Å²) in [6, 6.07) is 20.8. The van der Waals surface area contributed by atoms with E-state index >= 15 is 0 Å². The topological polar surface area (TPSA) is 75.9 Å². The number of ether oxygens (including phenoxy) is 1. The minimum absolute atomic E-state index is 0.206. The molecule has 4 aromatic rings. The highest BCUT2D eigenvalue weighted by atomic mass is 35.5. The first-order chi connectivity index (χ1) is 16.6. The number of aliphatic imine (C=N–C) groups is 1. The van der Waals surface area contributed by atoms with Gasteiger partial charge in [0, 0.05) is 22.5 Å². The van der Waals surface area contributed by atoms with Crippen LogP contribution in [0.15, 0.2) is 82.2 Å². The van der Waals surface area contributed by atoms with Crippen LogP contribution in [0.1, 0.15) is 21.7 Å². The van der Waals surface area contributed by atoms with Crippen LogP contribution in [-0.2, 0) is 6.61 Å². The van der Waals surface area contributed by atoms with Gasteiger partial charge < -0.3 is 19.8 Å². The van der Waals surface area contributed by atoms with E-state index in [1.807, 2.05) is 24.3 Å². The number of rotatable bonds is 6. The van der Waals surface area contributed by atoms with Gasteiger partial charge in [-0.2, -0.15) is 0 Å². The Labute approximate surface area is 200 Å². The summed E-state index contributed by atoms with van der Waals surface area (Å²) in [5, 5.41) is 6.98. The zero-order valence-electron chi connectivity index (χ0n) is 17.8. The van der Waals surface area contributed by atoms with Gasteiger partial charge in [0.05, 0.1) is 5.02 Å². The third kappa shape index (κ3) is 4.65. The summed E-state index contributed by atoms with van der Waals surface area (Å²) >= 11 is 6.43. The van der Waals surface area contributed by atoms with Gasteiger partial charge in [-0.3, -0.25) is 4.79 Å². The largest absolute Gasteiger partial charge is 0.487 e. The van der Waals surface area contributed by atoms with Gasteiger partial charge in [-0.1, -0.05) is 23.7 Å². The molecule has 0 saturated carbocycles. The van der Waals surface area contributed by atoms with Crippen molar-refractivity contribution in [2.75, 3.05) is 17.3 Å². The molecule has 0 atom stereocenters. The average Bonchev–Trinajstić information content (AvgIpc) is 3.33. The van der Waals surface area contributed by atoms with Crippen molar-refractivity contribution >= 4 is 35.1 Å². The number of carbonyl (C=O) groups excluding carboxylic acids is 1. The lowest BCUT2D eigenvalue weighted by atomic mass is 10.0. The Kier molecular flexibility index (Phi) is 6.01. The third-order valence-electron chi connectivity index (χ3n) is 5.29. The number of amidine groups is 1. The van der Waals surface area contributed by atoms with Crippen molar-refractivity contribution in [3.63, 3.8) is 0 Å². The number of aldehydes is 1. The summed E-state index contributed by atoms with van der Waals surface area (Å²) < 4.78 is 24.7. The number of hydrogen-bond acceptors (Lipinski definition) is 6. The average molecular weight is 476 g/mol. The summed E-state index contributed by atoms with van der Waals surface area (Å²) in [4.78, 5) is 15.5. The molecule has 3 aromatic carbocycles. The molecule has 5 rings (SSSR count). The minimum atomic E-state index is -0.311. The number of furan rings is 1. The molecule has 34 heavy (non-hydrogen) atoms. The SMILES string of the molecule is O=Cc1ccc(-c2ccc3c(c2)C(Nc2ccc(OCc4cccc(F)c4)c(Cl)c2)=NCN3)o1. The van der Waals surface area contributed by atoms with E-state index < -0.39 is 0 Å². The highest BCUT2D eigenvalue weighted by molar-refractivity contribution is 6.32. The molecular formula is C26H19ClFN3O3. The Morgan fingerprint density at radius 3 is 2.82 bits per heavy atom. The lowest BCUT2D eigenvalue weighted by Gasteiger charge is -2.20. The molecule has 0 amide bonds. The number of halogens is 2. The maximum absolute atomic E-state index is 13.4. The Morgan fingerprint density at radius 1 is 1.12 bits per heavy atom. The predicted octanol–water partition coefficient (Wildman–Crippen LogP) is 6.37. The van der Waals surface area contributed by atoms with E-state index in [4.69, 9.17) is 20.8 Å². The van der Waals surface area contributed by atoms with Gasteiger partial charge in [-0.15, -0.1) is 0 Å². The van der Waals surface area contributed by atoms with E-state index in [-0.39, 0.29) is 18.2 Å². The fourth-order valence-electron chi connectivity index (χ4n) is 3.63. The number of nitrogens with one attached hydrogen (secondary N) is 2. The van der Waals surface area contributed by atoms with Gasteiger partial charge in [0.25, 0.3) is 0 Å². The zero-order chi connectivity index (χ0) is 23.5. The number of carbonyl (C=O) groups is 1. The molecule has 170 valence electrons. The first kappa shape index (κ1) is 21.7. The molecule has 1 aliphatic heterocycles. The maximum Gasteiger partial charge on any atom is 0.185 e. The fraction of sp³-hybridized carbons (Fsp3) is 0.0769. The van der Waals surface area contributed by atoms with E-state index in [1.165, 1.54) is 12.1 Å². The van der Waals surface area contributed by atoms with Crippen LogP contribution in [0.25, 0.3) is 11.3 Å². The number of hydrogen-bond donors (Lipinski definition) is 2. The van der Waals surface area contributed by atoms with E-state index in [1.54, 1.807) is 36.4 Å². The van der Waals surface area contributed by atoms with Crippen LogP contribution in [-0.4, -0.2) is 18.8 Å². The maximum atomic E-state index is 13.4. The van der Waals surface area contributed by atoms with Crippen LogP contribution >= 0.6 is 11.6 Å². The van der Waals surface area contributed by atoms with E-state index in [9.17, 15) is 9.18 Å². The molecule has 2 heterocycles. The fourth-order valence-corrected chi connectivity index (χ4v) is 3.87. The van der Waals surface area contributed by atoms with Crippen LogP contribution in [0, 0.1) is 5.82 Å². The third-order valence-corrected chi connectivity index (χ3v) is 5.58. The van der Waals surface area contributed by atoms with Gasteiger partial charge in [-0.25, -0.2) is 9.38 Å². The van der Waals surface area contributed by atoms with Crippen molar-refractivity contribution in [3.8, 4) is 17.1 Å². The van der Waals surface area contributed by atoms with Crippen LogP contribution in [0.5, 0.6) is 5.75 Å². The van der Waals surface area contributed by atoms with Crippen LogP contribution in [0.2, 0.25) is 5.02 Å². The lowest BCUT2D eigenvalue weighted by molar-refractivity contribution is 0.110. The number of fused-ring (bicyclic) bond motifs is 1. The van der Waals surface area contributed by atoms with Crippen molar-refractivity contribution in [1.29, 1.82) is 0 Å².